The van der Waals surface area contributed by atoms with E-state index in [-0.39, 0.29) is 13.2 Å². The minimum atomic E-state index is -2.19. The van der Waals surface area contributed by atoms with Crippen LogP contribution < -0.4 is 20.0 Å². The summed E-state index contributed by atoms with van der Waals surface area (Å²) in [5.74, 6) is -5.88. The number of hydrogen-bond acceptors (Lipinski definition) is 12. The van der Waals surface area contributed by atoms with E-state index in [1.807, 2.05) is 0 Å². The highest BCUT2D eigenvalue weighted by Crippen LogP contribution is 2.30. The number of halogens is 2. The topological polar surface area (TPSA) is 201 Å². The largest absolute Gasteiger partial charge is 0.543 e. The van der Waals surface area contributed by atoms with Crippen LogP contribution in [0.1, 0.15) is 78.4 Å². The number of ether oxygens (including phenoxy) is 2. The third-order valence-electron chi connectivity index (χ3n) is 10.2. The second kappa shape index (κ2) is 24.3. The summed E-state index contributed by atoms with van der Waals surface area (Å²) in [5.41, 5.74) is -1.70. The maximum atomic E-state index is 13.9. The van der Waals surface area contributed by atoms with E-state index in [2.05, 4.69) is 27.7 Å². The fraction of sp³-hybridized carbons (Fsp3) is 0.571. The normalized spacial score (nSPS) is 21.0. The smallest absolute Gasteiger partial charge is 0.334 e. The van der Waals surface area contributed by atoms with Crippen molar-refractivity contribution in [2.45, 2.75) is 91.5 Å². The summed E-state index contributed by atoms with van der Waals surface area (Å²) in [6.45, 7) is 16.0. The van der Waals surface area contributed by atoms with Crippen LogP contribution in [0.25, 0.3) is 0 Å². The zero-order chi connectivity index (χ0) is 45.2. The molecule has 334 valence electrons. The Hall–Kier alpha value is -5.04. The number of rotatable bonds is 14. The van der Waals surface area contributed by atoms with Crippen LogP contribution in [0.5, 0.6) is 0 Å². The standard InChI is InChI=1S/2C20H29FN2O4.C2H2O4/c2*1-15(2)13-22-11-9-20(10-12-22,19(25)26-4)23(16(3)24)27-14-17-7-5-6-8-18(17)21;3-1(4)2(5)6/h2*5-8,15H,9-14H2,1-4H3;(H,3,4)(H,5,6). The minimum absolute atomic E-state index is 0.131. The van der Waals surface area contributed by atoms with Crippen molar-refractivity contribution in [1.29, 1.82) is 0 Å². The van der Waals surface area contributed by atoms with Crippen LogP contribution >= 0.6 is 0 Å². The van der Waals surface area contributed by atoms with E-state index in [4.69, 9.17) is 39.0 Å². The highest BCUT2D eigenvalue weighted by atomic mass is 19.1. The van der Waals surface area contributed by atoms with Crippen molar-refractivity contribution in [3.63, 3.8) is 0 Å². The molecular weight excluding hydrogens is 790 g/mol. The van der Waals surface area contributed by atoms with Crippen molar-refractivity contribution in [3.05, 3.63) is 71.3 Å². The zero-order valence-corrected chi connectivity index (χ0v) is 35.8. The molecule has 2 N–H and O–H groups in total. The van der Waals surface area contributed by atoms with Crippen molar-refractivity contribution in [2.24, 2.45) is 11.8 Å². The SMILES string of the molecule is COC(=O)C1(N(OCc2ccccc2F)C(C)=O)CC[NH+](CC(C)C)CC1.COC(=O)C1(N(OCc2ccccc2F)C(C)=O)CC[NH+](CC(C)C)CC1.O=C([O-])C(=O)[O-]. The highest BCUT2D eigenvalue weighted by Gasteiger charge is 2.53. The molecule has 2 fully saturated rings. The van der Waals surface area contributed by atoms with Crippen LogP contribution in [-0.2, 0) is 61.1 Å². The summed E-state index contributed by atoms with van der Waals surface area (Å²) < 4.78 is 37.8. The monoisotopic (exact) mass is 850 g/mol. The van der Waals surface area contributed by atoms with E-state index in [0.29, 0.717) is 48.6 Å². The Kier molecular flexibility index (Phi) is 20.7. The number of carbonyl (C=O) groups is 6. The van der Waals surface area contributed by atoms with E-state index >= 15 is 0 Å². The van der Waals surface area contributed by atoms with Gasteiger partial charge in [-0.15, -0.1) is 0 Å². The van der Waals surface area contributed by atoms with Gasteiger partial charge in [0.1, 0.15) is 24.8 Å². The number of carbonyl (C=O) groups excluding carboxylic acids is 6. The number of methoxy groups -OCH3 is 2. The Balaban J connectivity index is 0.000000364. The minimum Gasteiger partial charge on any atom is -0.543 e. The zero-order valence-electron chi connectivity index (χ0n) is 35.8. The van der Waals surface area contributed by atoms with Crippen LogP contribution in [-0.4, -0.2) is 110 Å². The molecule has 2 amide bonds. The van der Waals surface area contributed by atoms with Crippen LogP contribution in [0.3, 0.4) is 0 Å². The van der Waals surface area contributed by atoms with Crippen LogP contribution in [0.15, 0.2) is 48.5 Å². The average molecular weight is 851 g/mol. The van der Waals surface area contributed by atoms with Crippen LogP contribution in [0.2, 0.25) is 0 Å². The Morgan fingerprint density at radius 1 is 0.617 bits per heavy atom. The summed E-state index contributed by atoms with van der Waals surface area (Å²) >= 11 is 0. The number of likely N-dealkylation sites (tertiary alicyclic amines) is 2. The number of quaternary nitrogens is 2. The highest BCUT2D eigenvalue weighted by molar-refractivity contribution is 6.25. The van der Waals surface area contributed by atoms with Gasteiger partial charge in [0.25, 0.3) is 0 Å². The molecule has 2 aliphatic heterocycles. The molecule has 18 heteroatoms. The van der Waals surface area contributed by atoms with Gasteiger partial charge in [0.05, 0.1) is 65.4 Å². The lowest BCUT2D eigenvalue weighted by atomic mass is 9.86. The molecule has 0 bridgehead atoms. The van der Waals surface area contributed by atoms with Crippen LogP contribution in [0.4, 0.5) is 8.78 Å². The van der Waals surface area contributed by atoms with Crippen molar-refractivity contribution in [3.8, 4) is 0 Å². The molecule has 0 radical (unpaired) electrons. The molecule has 2 aromatic rings. The molecule has 16 nitrogen and oxygen atoms in total. The Morgan fingerprint density at radius 2 is 0.917 bits per heavy atom. The van der Waals surface area contributed by atoms with E-state index in [0.717, 1.165) is 49.4 Å². The average Bonchev–Trinajstić information content (AvgIpc) is 3.19. The molecule has 2 heterocycles. The number of esters is 2. The van der Waals surface area contributed by atoms with Gasteiger partial charge in [0.15, 0.2) is 11.1 Å². The first-order valence-corrected chi connectivity index (χ1v) is 19.8. The predicted molar refractivity (Wildman–Crippen MR) is 206 cm³/mol. The molecule has 0 saturated carbocycles. The van der Waals surface area contributed by atoms with E-state index in [9.17, 15) is 28.0 Å². The lowest BCUT2D eigenvalue weighted by Crippen LogP contribution is -3.14. The van der Waals surface area contributed by atoms with Gasteiger partial charge in [-0.1, -0.05) is 64.1 Å². The van der Waals surface area contributed by atoms with Crippen molar-refractivity contribution < 1.29 is 76.7 Å². The molecule has 4 rings (SSSR count). The molecule has 60 heavy (non-hydrogen) atoms. The summed E-state index contributed by atoms with van der Waals surface area (Å²) in [6.07, 6.45) is 1.77. The fourth-order valence-corrected chi connectivity index (χ4v) is 7.49. The molecule has 0 spiro atoms. The van der Waals surface area contributed by atoms with Gasteiger partial charge in [-0.25, -0.2) is 28.5 Å². The number of nitrogens with zero attached hydrogens (tertiary/aromatic N) is 2. The number of carboxylic acid groups (broad SMARTS) is 2. The van der Waals surface area contributed by atoms with E-state index in [1.54, 1.807) is 36.4 Å². The Bertz CT molecular complexity index is 1620. The number of carboxylic acids is 2. The lowest BCUT2D eigenvalue weighted by Gasteiger charge is -2.43. The lowest BCUT2D eigenvalue weighted by molar-refractivity contribution is -0.909. The molecule has 2 saturated heterocycles. The van der Waals surface area contributed by atoms with Gasteiger partial charge in [0.2, 0.25) is 11.8 Å². The molecule has 0 atom stereocenters. The van der Waals surface area contributed by atoms with E-state index < -0.39 is 58.4 Å². The first-order valence-electron chi connectivity index (χ1n) is 19.8. The summed E-state index contributed by atoms with van der Waals surface area (Å²) in [7, 11) is 2.62. The van der Waals surface area contributed by atoms with Gasteiger partial charge in [-0.05, 0) is 12.1 Å². The molecule has 0 aromatic heterocycles. The van der Waals surface area contributed by atoms with Gasteiger partial charge in [-0.2, -0.15) is 0 Å². The molecule has 0 unspecified atom stereocenters. The summed E-state index contributed by atoms with van der Waals surface area (Å²) in [5, 5.41) is 20.1. The first kappa shape index (κ1) is 51.1. The third-order valence-corrected chi connectivity index (χ3v) is 10.2. The maximum Gasteiger partial charge on any atom is 0.334 e. The second-order valence-electron chi connectivity index (χ2n) is 15.7. The number of hydroxylamine groups is 4. The van der Waals surface area contributed by atoms with Crippen LogP contribution in [0, 0.1) is 23.5 Å². The molecular formula is C42H60F2N4O12. The Labute approximate surface area is 350 Å². The van der Waals surface area contributed by atoms with E-state index in [1.165, 1.54) is 50.0 Å². The van der Waals surface area contributed by atoms with Gasteiger partial charge in [-0.3, -0.25) is 19.3 Å². The number of piperidine rings is 2. The number of amides is 2. The number of nitrogens with one attached hydrogen (secondary N) is 2. The predicted octanol–water partition coefficient (Wildman–Crippen LogP) is -0.809. The number of hydrogen-bond donors (Lipinski definition) is 2. The molecule has 2 aromatic carbocycles. The molecule has 0 aliphatic carbocycles. The maximum absolute atomic E-state index is 13.9. The summed E-state index contributed by atoms with van der Waals surface area (Å²) in [6, 6.07) is 12.4. The number of aliphatic carboxylic acids is 2. The Morgan fingerprint density at radius 3 is 1.15 bits per heavy atom. The van der Waals surface area contributed by atoms with Crippen molar-refractivity contribution >= 4 is 35.7 Å². The third kappa shape index (κ3) is 14.6. The summed E-state index contributed by atoms with van der Waals surface area (Å²) in [4.78, 5) is 82.0. The van der Waals surface area contributed by atoms with Crippen molar-refractivity contribution in [1.82, 2.24) is 10.1 Å². The van der Waals surface area contributed by atoms with Crippen molar-refractivity contribution in [2.75, 3.05) is 53.5 Å². The van der Waals surface area contributed by atoms with Gasteiger partial charge < -0.3 is 39.1 Å². The second-order valence-corrected chi connectivity index (χ2v) is 15.7. The number of benzene rings is 2. The van der Waals surface area contributed by atoms with Gasteiger partial charge >= 0.3 is 11.9 Å². The first-order chi connectivity index (χ1) is 28.2. The fourth-order valence-electron chi connectivity index (χ4n) is 7.49. The molecule has 2 aliphatic rings. The quantitative estimate of drug-likeness (QED) is 0.136. The van der Waals surface area contributed by atoms with Gasteiger partial charge in [0, 0.05) is 62.5 Å².